The van der Waals surface area contributed by atoms with Gasteiger partial charge in [0.15, 0.2) is 0 Å². The molecule has 0 aliphatic carbocycles. The van der Waals surface area contributed by atoms with Gasteiger partial charge in [-0.2, -0.15) is 18.3 Å². The fourth-order valence-corrected chi connectivity index (χ4v) is 5.08. The van der Waals surface area contributed by atoms with Crippen LogP contribution in [0.15, 0.2) is 70.7 Å². The number of carbonyl (C=O) groups is 1. The fraction of sp³-hybridized carbons (Fsp3) is 0.200. The lowest BCUT2D eigenvalue weighted by Crippen LogP contribution is -2.40. The molecule has 1 amide bonds. The van der Waals surface area contributed by atoms with Gasteiger partial charge in [0.05, 0.1) is 27.4 Å². The lowest BCUT2D eigenvalue weighted by atomic mass is 10.00. The Morgan fingerprint density at radius 1 is 1.03 bits per heavy atom. The molecule has 0 bridgehead atoms. The molecule has 190 valence electrons. The maximum Gasteiger partial charge on any atom is 0.416 e. The van der Waals surface area contributed by atoms with Crippen LogP contribution in [-0.4, -0.2) is 27.1 Å². The molecular weight excluding hydrogens is 515 g/mol. The van der Waals surface area contributed by atoms with Crippen LogP contribution in [0, 0.1) is 20.8 Å². The van der Waals surface area contributed by atoms with Gasteiger partial charge in [-0.15, -0.1) is 0 Å². The second kappa shape index (κ2) is 10.7. The van der Waals surface area contributed by atoms with Gasteiger partial charge in [-0.1, -0.05) is 41.9 Å². The average molecular weight is 538 g/mol. The molecule has 3 aromatic carbocycles. The first-order valence-electron chi connectivity index (χ1n) is 10.7. The second-order valence-corrected chi connectivity index (χ2v) is 10.3. The van der Waals surface area contributed by atoms with E-state index in [4.69, 9.17) is 11.6 Å². The van der Waals surface area contributed by atoms with E-state index in [1.807, 2.05) is 32.9 Å². The van der Waals surface area contributed by atoms with E-state index in [1.165, 1.54) is 30.5 Å². The first kappa shape index (κ1) is 27.2. The van der Waals surface area contributed by atoms with E-state index in [9.17, 15) is 26.4 Å². The van der Waals surface area contributed by atoms with Crippen molar-refractivity contribution in [1.82, 2.24) is 5.43 Å². The van der Waals surface area contributed by atoms with Gasteiger partial charge >= 0.3 is 6.18 Å². The number of nitrogens with zero attached hydrogens (tertiary/aromatic N) is 2. The van der Waals surface area contributed by atoms with E-state index in [0.717, 1.165) is 34.4 Å². The molecule has 0 radical (unpaired) electrons. The molecule has 0 aromatic heterocycles. The number of nitrogens with one attached hydrogen (secondary N) is 1. The Bertz CT molecular complexity index is 1410. The molecule has 36 heavy (non-hydrogen) atoms. The summed E-state index contributed by atoms with van der Waals surface area (Å²) in [5, 5.41) is 3.62. The fourth-order valence-electron chi connectivity index (χ4n) is 3.36. The zero-order valence-corrected chi connectivity index (χ0v) is 21.2. The number of sulfonamides is 1. The molecular formula is C25H23ClF3N3O3S. The Hall–Kier alpha value is -3.37. The van der Waals surface area contributed by atoms with Crippen LogP contribution < -0.4 is 9.73 Å². The summed E-state index contributed by atoms with van der Waals surface area (Å²) >= 11 is 6.11. The number of rotatable bonds is 7. The Balaban J connectivity index is 1.96. The van der Waals surface area contributed by atoms with Gasteiger partial charge in [0.25, 0.3) is 15.9 Å². The van der Waals surface area contributed by atoms with Crippen LogP contribution in [-0.2, 0) is 21.0 Å². The first-order valence-corrected chi connectivity index (χ1v) is 12.5. The highest BCUT2D eigenvalue weighted by molar-refractivity contribution is 7.92. The maximum atomic E-state index is 13.4. The van der Waals surface area contributed by atoms with Crippen molar-refractivity contribution in [3.8, 4) is 0 Å². The number of hydrogen-bond donors (Lipinski definition) is 1. The molecule has 0 unspecified atom stereocenters. The van der Waals surface area contributed by atoms with E-state index >= 15 is 0 Å². The molecule has 0 saturated carbocycles. The summed E-state index contributed by atoms with van der Waals surface area (Å²) in [5.74, 6) is -0.874. The monoisotopic (exact) mass is 537 g/mol. The number of amides is 1. The van der Waals surface area contributed by atoms with Crippen LogP contribution in [0.25, 0.3) is 0 Å². The van der Waals surface area contributed by atoms with E-state index in [2.05, 4.69) is 10.5 Å². The number of anilines is 1. The molecule has 0 saturated heterocycles. The number of aryl methyl sites for hydroxylation is 1. The summed E-state index contributed by atoms with van der Waals surface area (Å²) in [7, 11) is -4.46. The van der Waals surface area contributed by atoms with E-state index in [-0.39, 0.29) is 9.92 Å². The summed E-state index contributed by atoms with van der Waals surface area (Å²) in [6.45, 7) is 4.95. The number of carbonyl (C=O) groups excluding carboxylic acids is 1. The molecule has 0 heterocycles. The summed E-state index contributed by atoms with van der Waals surface area (Å²) in [5.41, 5.74) is 4.49. The van der Waals surface area contributed by atoms with Gasteiger partial charge in [-0.25, -0.2) is 13.8 Å². The van der Waals surface area contributed by atoms with Gasteiger partial charge in [-0.3, -0.25) is 9.10 Å². The predicted molar refractivity (Wildman–Crippen MR) is 134 cm³/mol. The highest BCUT2D eigenvalue weighted by Crippen LogP contribution is 2.37. The normalized spacial score (nSPS) is 12.1. The standard InChI is InChI=1S/C25H23ClF3N3O3S/c1-16-9-10-19(18(3)17(16)2)14-30-31-24(33)15-32(36(34,35)21-7-5-4-6-8-21)23-13-20(25(27,28)29)11-12-22(23)26/h4-14H,15H2,1-3H3,(H,31,33)/b30-14-. The highest BCUT2D eigenvalue weighted by atomic mass is 35.5. The molecule has 11 heteroatoms. The highest BCUT2D eigenvalue weighted by Gasteiger charge is 2.34. The first-order chi connectivity index (χ1) is 16.8. The van der Waals surface area contributed by atoms with E-state index in [1.54, 1.807) is 6.07 Å². The molecule has 0 spiro atoms. The third kappa shape index (κ3) is 6.06. The minimum absolute atomic E-state index is 0.222. The van der Waals surface area contributed by atoms with E-state index < -0.39 is 39.9 Å². The van der Waals surface area contributed by atoms with Gasteiger partial charge in [0.1, 0.15) is 6.54 Å². The van der Waals surface area contributed by atoms with Crippen LogP contribution in [0.3, 0.4) is 0 Å². The summed E-state index contributed by atoms with van der Waals surface area (Å²) in [4.78, 5) is 12.5. The van der Waals surface area contributed by atoms with Crippen LogP contribution in [0.4, 0.5) is 18.9 Å². The van der Waals surface area contributed by atoms with Gasteiger partial charge < -0.3 is 0 Å². The van der Waals surface area contributed by atoms with Crippen molar-refractivity contribution in [1.29, 1.82) is 0 Å². The molecule has 0 aliphatic heterocycles. The summed E-state index contributed by atoms with van der Waals surface area (Å²) < 4.78 is 67.3. The van der Waals surface area contributed by atoms with Crippen molar-refractivity contribution in [2.24, 2.45) is 5.10 Å². The molecule has 6 nitrogen and oxygen atoms in total. The van der Waals surface area contributed by atoms with Crippen molar-refractivity contribution in [3.63, 3.8) is 0 Å². The van der Waals surface area contributed by atoms with Crippen molar-refractivity contribution in [3.05, 3.63) is 93.5 Å². The number of halogens is 4. The Labute approximate surface area is 212 Å². The lowest BCUT2D eigenvalue weighted by Gasteiger charge is -2.25. The topological polar surface area (TPSA) is 78.8 Å². The molecule has 3 rings (SSSR count). The zero-order valence-electron chi connectivity index (χ0n) is 19.6. The molecule has 0 atom stereocenters. The second-order valence-electron chi connectivity index (χ2n) is 8.00. The zero-order chi connectivity index (χ0) is 26.7. The minimum atomic E-state index is -4.75. The number of hydrogen-bond acceptors (Lipinski definition) is 4. The number of benzene rings is 3. The van der Waals surface area contributed by atoms with Crippen molar-refractivity contribution < 1.29 is 26.4 Å². The molecule has 1 N–H and O–H groups in total. The lowest BCUT2D eigenvalue weighted by molar-refractivity contribution is -0.137. The smallest absolute Gasteiger partial charge is 0.271 e. The predicted octanol–water partition coefficient (Wildman–Crippen LogP) is 5.63. The Kier molecular flexibility index (Phi) is 8.10. The number of hydrazone groups is 1. The van der Waals surface area contributed by atoms with Crippen LogP contribution in [0.5, 0.6) is 0 Å². The van der Waals surface area contributed by atoms with Gasteiger partial charge in [0.2, 0.25) is 0 Å². The van der Waals surface area contributed by atoms with Crippen molar-refractivity contribution in [2.45, 2.75) is 31.8 Å². The van der Waals surface area contributed by atoms with Gasteiger partial charge in [0, 0.05) is 0 Å². The largest absolute Gasteiger partial charge is 0.416 e. The summed E-state index contributed by atoms with van der Waals surface area (Å²) in [6.07, 6.45) is -3.34. The SMILES string of the molecule is Cc1ccc(/C=N\NC(=O)CN(c2cc(C(F)(F)F)ccc2Cl)S(=O)(=O)c2ccccc2)c(C)c1C. The van der Waals surface area contributed by atoms with Crippen LogP contribution in [0.1, 0.15) is 27.8 Å². The minimum Gasteiger partial charge on any atom is -0.271 e. The maximum absolute atomic E-state index is 13.4. The number of alkyl halides is 3. The molecule has 0 aliphatic rings. The molecule has 0 fully saturated rings. The van der Waals surface area contributed by atoms with Crippen LogP contribution in [0.2, 0.25) is 5.02 Å². The van der Waals surface area contributed by atoms with Crippen LogP contribution >= 0.6 is 11.6 Å². The van der Waals surface area contributed by atoms with E-state index in [0.29, 0.717) is 10.4 Å². The Morgan fingerprint density at radius 3 is 2.33 bits per heavy atom. The van der Waals surface area contributed by atoms with Crippen molar-refractivity contribution >= 4 is 39.4 Å². The van der Waals surface area contributed by atoms with Gasteiger partial charge in [-0.05, 0) is 73.4 Å². The summed E-state index contributed by atoms with van der Waals surface area (Å²) in [6, 6.07) is 13.0. The van der Waals surface area contributed by atoms with Crippen molar-refractivity contribution in [2.75, 3.05) is 10.8 Å². The average Bonchev–Trinajstić information content (AvgIpc) is 2.83. The third-order valence-electron chi connectivity index (χ3n) is 5.65. The third-order valence-corrected chi connectivity index (χ3v) is 7.75. The molecule has 3 aromatic rings. The quantitative estimate of drug-likeness (QED) is 0.313. The Morgan fingerprint density at radius 2 is 1.69 bits per heavy atom.